The number of hydrogen-bond donors (Lipinski definition) is 1. The monoisotopic (exact) mass is 241 g/mol. The molecule has 0 radical (unpaired) electrons. The van der Waals surface area contributed by atoms with E-state index >= 15 is 0 Å². The highest BCUT2D eigenvalue weighted by Crippen LogP contribution is 2.42. The molecule has 15 heavy (non-hydrogen) atoms. The molecular weight excluding hydrogens is 223 g/mol. The summed E-state index contributed by atoms with van der Waals surface area (Å²) in [7, 11) is 1.87. The van der Waals surface area contributed by atoms with E-state index in [9.17, 15) is 13.2 Å². The van der Waals surface area contributed by atoms with Crippen molar-refractivity contribution in [2.24, 2.45) is 5.41 Å². The molecule has 90 valence electrons. The molecule has 0 heterocycles. The van der Waals surface area contributed by atoms with Crippen molar-refractivity contribution in [1.29, 1.82) is 0 Å². The standard InChI is InChI=1S/C10H18F3NS/c1-14-8-9(4-2-3-5-9)6-7-15-10(11,12)13/h14H,2-8H2,1H3. The van der Waals surface area contributed by atoms with E-state index in [1.165, 1.54) is 12.8 Å². The van der Waals surface area contributed by atoms with Gasteiger partial charge in [0.05, 0.1) is 0 Å². The van der Waals surface area contributed by atoms with Crippen LogP contribution in [-0.4, -0.2) is 24.9 Å². The van der Waals surface area contributed by atoms with Crippen molar-refractivity contribution >= 4 is 11.8 Å². The summed E-state index contributed by atoms with van der Waals surface area (Å²) >= 11 is 0.117. The third kappa shape index (κ3) is 4.64. The fraction of sp³-hybridized carbons (Fsp3) is 1.00. The Morgan fingerprint density at radius 1 is 1.27 bits per heavy atom. The predicted molar refractivity (Wildman–Crippen MR) is 58.0 cm³/mol. The predicted octanol–water partition coefficient (Wildman–Crippen LogP) is 3.41. The molecule has 0 atom stereocenters. The van der Waals surface area contributed by atoms with Gasteiger partial charge in [0, 0.05) is 12.3 Å². The summed E-state index contributed by atoms with van der Waals surface area (Å²) < 4.78 is 36.0. The van der Waals surface area contributed by atoms with Gasteiger partial charge in [-0.15, -0.1) is 0 Å². The van der Waals surface area contributed by atoms with Crippen LogP contribution in [0, 0.1) is 5.41 Å². The normalized spacial score (nSPS) is 20.8. The minimum absolute atomic E-state index is 0.117. The number of nitrogens with one attached hydrogen (secondary N) is 1. The zero-order valence-electron chi connectivity index (χ0n) is 8.99. The Balaban J connectivity index is 2.32. The average molecular weight is 241 g/mol. The third-order valence-electron chi connectivity index (χ3n) is 3.11. The topological polar surface area (TPSA) is 12.0 Å². The lowest BCUT2D eigenvalue weighted by atomic mass is 9.83. The van der Waals surface area contributed by atoms with E-state index in [1.54, 1.807) is 0 Å². The van der Waals surface area contributed by atoms with Gasteiger partial charge in [-0.05, 0) is 31.7 Å². The quantitative estimate of drug-likeness (QED) is 0.791. The SMILES string of the molecule is CNCC1(CCSC(F)(F)F)CCCC1. The summed E-state index contributed by atoms with van der Waals surface area (Å²) in [6.07, 6.45) is 5.16. The first-order valence-corrected chi connectivity index (χ1v) is 6.31. The van der Waals surface area contributed by atoms with Gasteiger partial charge in [0.2, 0.25) is 0 Å². The summed E-state index contributed by atoms with van der Waals surface area (Å²) in [6, 6.07) is 0. The Labute approximate surface area is 93.2 Å². The zero-order chi connectivity index (χ0) is 11.4. The lowest BCUT2D eigenvalue weighted by molar-refractivity contribution is -0.0329. The van der Waals surface area contributed by atoms with Gasteiger partial charge < -0.3 is 5.32 Å². The molecule has 1 aliphatic rings. The smallest absolute Gasteiger partial charge is 0.319 e. The van der Waals surface area contributed by atoms with Crippen LogP contribution < -0.4 is 5.32 Å². The molecule has 0 bridgehead atoms. The molecule has 1 fully saturated rings. The maximum atomic E-state index is 12.0. The Kier molecular flexibility index (Phi) is 4.77. The average Bonchev–Trinajstić information content (AvgIpc) is 2.52. The Hall–Kier alpha value is 0.100. The molecule has 0 saturated heterocycles. The molecule has 0 aromatic heterocycles. The molecule has 0 spiro atoms. The summed E-state index contributed by atoms with van der Waals surface area (Å²) in [4.78, 5) is 0. The second kappa shape index (κ2) is 5.43. The third-order valence-corrected chi connectivity index (χ3v) is 3.85. The first kappa shape index (κ1) is 13.2. The Morgan fingerprint density at radius 3 is 2.33 bits per heavy atom. The summed E-state index contributed by atoms with van der Waals surface area (Å²) in [5, 5.41) is 3.11. The minimum atomic E-state index is -4.07. The van der Waals surface area contributed by atoms with Crippen molar-refractivity contribution in [3.8, 4) is 0 Å². The van der Waals surface area contributed by atoms with Gasteiger partial charge in [0.15, 0.2) is 0 Å². The Bertz CT molecular complexity index is 188. The first-order chi connectivity index (χ1) is 6.97. The highest BCUT2D eigenvalue weighted by atomic mass is 32.2. The van der Waals surface area contributed by atoms with Crippen LogP contribution in [-0.2, 0) is 0 Å². The second-order valence-electron chi connectivity index (χ2n) is 4.28. The van der Waals surface area contributed by atoms with Gasteiger partial charge in [-0.3, -0.25) is 0 Å². The summed E-state index contributed by atoms with van der Waals surface area (Å²) in [5.41, 5.74) is -3.94. The molecule has 1 aliphatic carbocycles. The van der Waals surface area contributed by atoms with Gasteiger partial charge >= 0.3 is 5.51 Å². The van der Waals surface area contributed by atoms with E-state index in [0.717, 1.165) is 19.4 Å². The van der Waals surface area contributed by atoms with Crippen molar-refractivity contribution in [2.45, 2.75) is 37.6 Å². The van der Waals surface area contributed by atoms with Crippen molar-refractivity contribution in [1.82, 2.24) is 5.32 Å². The molecule has 0 amide bonds. The number of thioether (sulfide) groups is 1. The molecule has 5 heteroatoms. The minimum Gasteiger partial charge on any atom is -0.319 e. The first-order valence-electron chi connectivity index (χ1n) is 5.33. The van der Waals surface area contributed by atoms with Crippen molar-refractivity contribution in [3.05, 3.63) is 0 Å². The molecule has 0 aromatic rings. The molecule has 1 N–H and O–H groups in total. The fourth-order valence-corrected chi connectivity index (χ4v) is 3.16. The van der Waals surface area contributed by atoms with Crippen LogP contribution in [0.25, 0.3) is 0 Å². The number of halogens is 3. The summed E-state index contributed by atoms with van der Waals surface area (Å²) in [5.74, 6) is 0.200. The van der Waals surface area contributed by atoms with Crippen molar-refractivity contribution in [2.75, 3.05) is 19.3 Å². The number of rotatable bonds is 5. The van der Waals surface area contributed by atoms with Crippen LogP contribution in [0.3, 0.4) is 0 Å². The molecular formula is C10H18F3NS. The molecule has 1 nitrogen and oxygen atoms in total. The van der Waals surface area contributed by atoms with Gasteiger partial charge in [-0.25, -0.2) is 0 Å². The number of alkyl halides is 3. The fourth-order valence-electron chi connectivity index (χ4n) is 2.40. The largest absolute Gasteiger partial charge is 0.441 e. The number of hydrogen-bond acceptors (Lipinski definition) is 2. The Morgan fingerprint density at radius 2 is 1.87 bits per heavy atom. The van der Waals surface area contributed by atoms with Crippen LogP contribution in [0.4, 0.5) is 13.2 Å². The lowest BCUT2D eigenvalue weighted by Crippen LogP contribution is -2.30. The van der Waals surface area contributed by atoms with Gasteiger partial charge in [0.25, 0.3) is 0 Å². The van der Waals surface area contributed by atoms with E-state index in [-0.39, 0.29) is 22.9 Å². The van der Waals surface area contributed by atoms with Crippen molar-refractivity contribution in [3.63, 3.8) is 0 Å². The van der Waals surface area contributed by atoms with Gasteiger partial charge in [-0.1, -0.05) is 24.6 Å². The molecule has 1 saturated carbocycles. The van der Waals surface area contributed by atoms with Crippen LogP contribution in [0.1, 0.15) is 32.1 Å². The molecule has 0 aromatic carbocycles. The van der Waals surface area contributed by atoms with Gasteiger partial charge in [-0.2, -0.15) is 13.2 Å². The van der Waals surface area contributed by atoms with Crippen LogP contribution in [0.15, 0.2) is 0 Å². The highest BCUT2D eigenvalue weighted by molar-refractivity contribution is 8.00. The van der Waals surface area contributed by atoms with E-state index in [4.69, 9.17) is 0 Å². The molecule has 0 aliphatic heterocycles. The van der Waals surface area contributed by atoms with E-state index < -0.39 is 5.51 Å². The van der Waals surface area contributed by atoms with Crippen molar-refractivity contribution < 1.29 is 13.2 Å². The second-order valence-corrected chi connectivity index (χ2v) is 5.44. The van der Waals surface area contributed by atoms with Crippen LogP contribution >= 0.6 is 11.8 Å². The zero-order valence-corrected chi connectivity index (χ0v) is 9.81. The van der Waals surface area contributed by atoms with Crippen LogP contribution in [0.2, 0.25) is 0 Å². The van der Waals surface area contributed by atoms with E-state index in [2.05, 4.69) is 5.32 Å². The van der Waals surface area contributed by atoms with E-state index in [0.29, 0.717) is 6.42 Å². The van der Waals surface area contributed by atoms with Gasteiger partial charge in [0.1, 0.15) is 0 Å². The highest BCUT2D eigenvalue weighted by Gasteiger charge is 2.35. The summed E-state index contributed by atoms with van der Waals surface area (Å²) in [6.45, 7) is 0.853. The lowest BCUT2D eigenvalue weighted by Gasteiger charge is -2.28. The van der Waals surface area contributed by atoms with Crippen LogP contribution in [0.5, 0.6) is 0 Å². The van der Waals surface area contributed by atoms with E-state index in [1.807, 2.05) is 7.05 Å². The maximum absolute atomic E-state index is 12.0. The maximum Gasteiger partial charge on any atom is 0.441 e. The molecule has 0 unspecified atom stereocenters. The molecule has 1 rings (SSSR count).